The van der Waals surface area contributed by atoms with E-state index >= 15 is 0 Å². The van der Waals surface area contributed by atoms with Gasteiger partial charge in [0.15, 0.2) is 0 Å². The molecule has 1 aromatic heterocycles. The highest BCUT2D eigenvalue weighted by Gasteiger charge is 2.21. The van der Waals surface area contributed by atoms with Crippen molar-refractivity contribution >= 4 is 55.1 Å². The molecule has 0 fully saturated rings. The summed E-state index contributed by atoms with van der Waals surface area (Å²) in [7, 11) is 0. The summed E-state index contributed by atoms with van der Waals surface area (Å²) in [6.45, 7) is 1.88. The molecule has 2 N–H and O–H groups in total. The second-order valence-electron chi connectivity index (χ2n) is 3.39. The van der Waals surface area contributed by atoms with Gasteiger partial charge in [0.25, 0.3) is 5.91 Å². The molecule has 0 bridgehead atoms. The maximum atomic E-state index is 11.8. The van der Waals surface area contributed by atoms with Crippen LogP contribution >= 0.6 is 43.2 Å². The molecule has 0 saturated carbocycles. The number of carboxylic acids is 1. The Morgan fingerprint density at radius 2 is 2.18 bits per heavy atom. The summed E-state index contributed by atoms with van der Waals surface area (Å²) in [5.74, 6) is -1.36. The molecular formula is C10H11Br2NO3S. The zero-order chi connectivity index (χ0) is 13.0. The summed E-state index contributed by atoms with van der Waals surface area (Å²) in [5, 5.41) is 11.4. The second kappa shape index (κ2) is 6.51. The molecule has 0 saturated heterocycles. The van der Waals surface area contributed by atoms with Gasteiger partial charge in [-0.3, -0.25) is 4.79 Å². The van der Waals surface area contributed by atoms with E-state index in [2.05, 4.69) is 37.2 Å². The Balaban J connectivity index is 2.73. The molecule has 1 aromatic rings. The van der Waals surface area contributed by atoms with Gasteiger partial charge in [-0.2, -0.15) is 0 Å². The third-order valence-electron chi connectivity index (χ3n) is 2.05. The molecular weight excluding hydrogens is 374 g/mol. The molecule has 0 aromatic carbocycles. The highest BCUT2D eigenvalue weighted by molar-refractivity contribution is 9.13. The van der Waals surface area contributed by atoms with Crippen molar-refractivity contribution in [2.45, 2.75) is 25.8 Å². The van der Waals surface area contributed by atoms with Gasteiger partial charge in [0.2, 0.25) is 0 Å². The maximum absolute atomic E-state index is 11.8. The first-order valence-corrected chi connectivity index (χ1v) is 7.34. The Morgan fingerprint density at radius 3 is 2.59 bits per heavy atom. The van der Waals surface area contributed by atoms with Crippen molar-refractivity contribution in [1.29, 1.82) is 0 Å². The molecule has 94 valence electrons. The molecule has 4 nitrogen and oxygen atoms in total. The van der Waals surface area contributed by atoms with Crippen molar-refractivity contribution in [2.75, 3.05) is 0 Å². The Kier molecular flexibility index (Phi) is 5.61. The minimum Gasteiger partial charge on any atom is -0.480 e. The average Bonchev–Trinajstić information content (AvgIpc) is 2.58. The largest absolute Gasteiger partial charge is 0.480 e. The predicted molar refractivity (Wildman–Crippen MR) is 73.5 cm³/mol. The van der Waals surface area contributed by atoms with Crippen LogP contribution in [-0.4, -0.2) is 23.0 Å². The minimum absolute atomic E-state index is 0.359. The third kappa shape index (κ3) is 4.08. The summed E-state index contributed by atoms with van der Waals surface area (Å²) in [6, 6.07) is 0.835. The Bertz CT molecular complexity index is 414. The van der Waals surface area contributed by atoms with Crippen LogP contribution in [0.15, 0.2) is 14.3 Å². The van der Waals surface area contributed by atoms with Crippen molar-refractivity contribution in [1.82, 2.24) is 5.32 Å². The summed E-state index contributed by atoms with van der Waals surface area (Å²) >= 11 is 7.82. The van der Waals surface area contributed by atoms with Crippen molar-refractivity contribution in [3.05, 3.63) is 19.2 Å². The summed E-state index contributed by atoms with van der Waals surface area (Å²) in [4.78, 5) is 23.2. The van der Waals surface area contributed by atoms with E-state index in [1.807, 2.05) is 6.92 Å². The predicted octanol–water partition coefficient (Wildman–Crippen LogP) is 3.26. The molecule has 1 rings (SSSR count). The van der Waals surface area contributed by atoms with E-state index < -0.39 is 12.0 Å². The summed E-state index contributed by atoms with van der Waals surface area (Å²) in [5.41, 5.74) is 0. The van der Waals surface area contributed by atoms with Crippen LogP contribution < -0.4 is 5.32 Å². The highest BCUT2D eigenvalue weighted by Crippen LogP contribution is 2.32. The number of hydrogen-bond donors (Lipinski definition) is 2. The van der Waals surface area contributed by atoms with Crippen LogP contribution in [0.4, 0.5) is 0 Å². The van der Waals surface area contributed by atoms with Gasteiger partial charge in [0.05, 0.1) is 8.66 Å². The Hall–Kier alpha value is -0.400. The number of thiophene rings is 1. The normalized spacial score (nSPS) is 12.2. The lowest BCUT2D eigenvalue weighted by Crippen LogP contribution is -2.40. The second-order valence-corrected chi connectivity index (χ2v) is 6.61. The molecule has 1 atom stereocenters. The number of rotatable bonds is 5. The van der Waals surface area contributed by atoms with Crippen LogP contribution in [0.1, 0.15) is 29.4 Å². The molecule has 0 aliphatic rings. The van der Waals surface area contributed by atoms with Crippen LogP contribution in [0, 0.1) is 0 Å². The number of carbonyl (C=O) groups excluding carboxylic acids is 1. The van der Waals surface area contributed by atoms with Gasteiger partial charge < -0.3 is 10.4 Å². The number of hydrogen-bond acceptors (Lipinski definition) is 3. The molecule has 0 aliphatic heterocycles. The summed E-state index contributed by atoms with van der Waals surface area (Å²) in [6.07, 6.45) is 1.13. The van der Waals surface area contributed by atoms with Gasteiger partial charge in [-0.1, -0.05) is 13.3 Å². The van der Waals surface area contributed by atoms with Gasteiger partial charge in [-0.15, -0.1) is 11.3 Å². The minimum atomic E-state index is -1.00. The number of aliphatic carboxylic acids is 1. The first kappa shape index (κ1) is 14.7. The molecule has 0 radical (unpaired) electrons. The lowest BCUT2D eigenvalue weighted by Gasteiger charge is -2.12. The lowest BCUT2D eigenvalue weighted by atomic mass is 10.1. The van der Waals surface area contributed by atoms with E-state index in [4.69, 9.17) is 5.11 Å². The van der Waals surface area contributed by atoms with Crippen molar-refractivity contribution in [2.24, 2.45) is 0 Å². The fourth-order valence-corrected chi connectivity index (χ4v) is 3.17. The number of carbonyl (C=O) groups is 2. The Labute approximate surface area is 120 Å². The van der Waals surface area contributed by atoms with Crippen LogP contribution in [0.25, 0.3) is 0 Å². The zero-order valence-corrected chi connectivity index (χ0v) is 13.0. The first-order valence-electron chi connectivity index (χ1n) is 4.94. The lowest BCUT2D eigenvalue weighted by molar-refractivity contribution is -0.139. The van der Waals surface area contributed by atoms with Gasteiger partial charge in [-0.25, -0.2) is 4.79 Å². The number of amides is 1. The fraction of sp³-hybridized carbons (Fsp3) is 0.400. The maximum Gasteiger partial charge on any atom is 0.326 e. The number of nitrogens with one attached hydrogen (secondary N) is 1. The Morgan fingerprint density at radius 1 is 1.53 bits per heavy atom. The number of carboxylic acid groups (broad SMARTS) is 1. The smallest absolute Gasteiger partial charge is 0.326 e. The average molecular weight is 385 g/mol. The van der Waals surface area contributed by atoms with Crippen LogP contribution in [-0.2, 0) is 4.79 Å². The van der Waals surface area contributed by atoms with Crippen molar-refractivity contribution in [3.63, 3.8) is 0 Å². The molecule has 0 unspecified atom stereocenters. The summed E-state index contributed by atoms with van der Waals surface area (Å²) < 4.78 is 1.60. The quantitative estimate of drug-likeness (QED) is 0.818. The van der Waals surface area contributed by atoms with Gasteiger partial charge >= 0.3 is 5.97 Å². The highest BCUT2D eigenvalue weighted by atomic mass is 79.9. The van der Waals surface area contributed by atoms with E-state index in [1.54, 1.807) is 6.07 Å². The third-order valence-corrected chi connectivity index (χ3v) is 5.30. The van der Waals surface area contributed by atoms with Crippen LogP contribution in [0.3, 0.4) is 0 Å². The first-order chi connectivity index (χ1) is 7.95. The SMILES string of the molecule is CCC[C@H](NC(=O)c1cc(Br)c(Br)s1)C(=O)O. The molecule has 0 aliphatic carbocycles. The van der Waals surface area contributed by atoms with E-state index in [-0.39, 0.29) is 5.91 Å². The number of halogens is 2. The van der Waals surface area contributed by atoms with E-state index in [0.717, 1.165) is 8.26 Å². The van der Waals surface area contributed by atoms with Crippen LogP contribution in [0.5, 0.6) is 0 Å². The zero-order valence-electron chi connectivity index (χ0n) is 9.00. The van der Waals surface area contributed by atoms with Crippen molar-refractivity contribution in [3.8, 4) is 0 Å². The van der Waals surface area contributed by atoms with Gasteiger partial charge in [0, 0.05) is 4.47 Å². The molecule has 0 spiro atoms. The molecule has 7 heteroatoms. The van der Waals surface area contributed by atoms with Crippen LogP contribution in [0.2, 0.25) is 0 Å². The standard InChI is InChI=1S/C10H11Br2NO3S/c1-2-3-6(10(15)16)13-9(14)7-4-5(11)8(12)17-7/h4,6H,2-3H2,1H3,(H,13,14)(H,15,16)/t6-/m0/s1. The van der Waals surface area contributed by atoms with Gasteiger partial charge in [0.1, 0.15) is 6.04 Å². The fourth-order valence-electron chi connectivity index (χ4n) is 1.23. The van der Waals surface area contributed by atoms with Gasteiger partial charge in [-0.05, 0) is 44.3 Å². The molecule has 1 amide bonds. The van der Waals surface area contributed by atoms with E-state index in [9.17, 15) is 9.59 Å². The molecule has 17 heavy (non-hydrogen) atoms. The van der Waals surface area contributed by atoms with E-state index in [0.29, 0.717) is 17.7 Å². The monoisotopic (exact) mass is 383 g/mol. The topological polar surface area (TPSA) is 66.4 Å². The van der Waals surface area contributed by atoms with E-state index in [1.165, 1.54) is 11.3 Å². The van der Waals surface area contributed by atoms with Crippen molar-refractivity contribution < 1.29 is 14.7 Å². The molecule has 1 heterocycles.